The molecule has 0 fully saturated rings. The molecule has 104 valence electrons. The summed E-state index contributed by atoms with van der Waals surface area (Å²) in [6.07, 6.45) is 3.10. The summed E-state index contributed by atoms with van der Waals surface area (Å²) < 4.78 is 5.99. The Kier molecular flexibility index (Phi) is 4.62. The number of carbonyl (C=O) groups excluding carboxylic acids is 1. The first-order chi connectivity index (χ1) is 9.49. The van der Waals surface area contributed by atoms with Crippen molar-refractivity contribution in [3.63, 3.8) is 0 Å². The van der Waals surface area contributed by atoms with Gasteiger partial charge < -0.3 is 10.5 Å². The summed E-state index contributed by atoms with van der Waals surface area (Å²) in [5, 5.41) is 0.464. The molecular formula is C14H12BrClN2O2. The average Bonchev–Trinajstić information content (AvgIpc) is 2.41. The van der Waals surface area contributed by atoms with E-state index in [0.29, 0.717) is 27.4 Å². The smallest absolute Gasteiger partial charge is 0.338 e. The number of esters is 1. The standard InChI is InChI=1S/C14H12BrClN2O2/c1-8-11(4-10(15)5-13(8)17)14(19)20-7-9-2-3-18-6-12(9)16/h2-6H,7,17H2,1H3. The number of aromatic nitrogens is 1. The van der Waals surface area contributed by atoms with Gasteiger partial charge in [0.1, 0.15) is 6.61 Å². The summed E-state index contributed by atoms with van der Waals surface area (Å²) >= 11 is 9.26. The van der Waals surface area contributed by atoms with Gasteiger partial charge in [0, 0.05) is 28.1 Å². The van der Waals surface area contributed by atoms with Gasteiger partial charge in [0.25, 0.3) is 0 Å². The molecule has 0 bridgehead atoms. The van der Waals surface area contributed by atoms with Crippen LogP contribution in [-0.2, 0) is 11.3 Å². The normalized spacial score (nSPS) is 10.3. The third-order valence-electron chi connectivity index (χ3n) is 2.85. The summed E-state index contributed by atoms with van der Waals surface area (Å²) in [5.74, 6) is -0.441. The molecule has 20 heavy (non-hydrogen) atoms. The average molecular weight is 356 g/mol. The second-order valence-corrected chi connectivity index (χ2v) is 5.53. The molecule has 0 amide bonds. The monoisotopic (exact) mass is 354 g/mol. The van der Waals surface area contributed by atoms with Crippen LogP contribution in [0.5, 0.6) is 0 Å². The Bertz CT molecular complexity index is 662. The van der Waals surface area contributed by atoms with Crippen molar-refractivity contribution in [3.8, 4) is 0 Å². The second kappa shape index (κ2) is 6.24. The molecule has 0 aliphatic heterocycles. The highest BCUT2D eigenvalue weighted by Crippen LogP contribution is 2.24. The molecule has 2 rings (SSSR count). The molecule has 0 aliphatic carbocycles. The zero-order chi connectivity index (χ0) is 14.7. The molecule has 0 saturated carbocycles. The van der Waals surface area contributed by atoms with Crippen molar-refractivity contribution in [2.45, 2.75) is 13.5 Å². The van der Waals surface area contributed by atoms with E-state index in [4.69, 9.17) is 22.1 Å². The van der Waals surface area contributed by atoms with Gasteiger partial charge in [0.05, 0.1) is 10.6 Å². The number of carbonyl (C=O) groups is 1. The van der Waals surface area contributed by atoms with Crippen LogP contribution in [0.1, 0.15) is 21.5 Å². The van der Waals surface area contributed by atoms with Crippen LogP contribution >= 0.6 is 27.5 Å². The molecular weight excluding hydrogens is 344 g/mol. The van der Waals surface area contributed by atoms with E-state index in [1.165, 1.54) is 6.20 Å². The molecule has 0 spiro atoms. The fourth-order valence-corrected chi connectivity index (χ4v) is 2.30. The molecule has 0 atom stereocenters. The number of ether oxygens (including phenoxy) is 1. The van der Waals surface area contributed by atoms with E-state index in [1.54, 1.807) is 31.3 Å². The number of pyridine rings is 1. The molecule has 6 heteroatoms. The minimum Gasteiger partial charge on any atom is -0.457 e. The van der Waals surface area contributed by atoms with Crippen LogP contribution in [0.15, 0.2) is 35.1 Å². The highest BCUT2D eigenvalue weighted by molar-refractivity contribution is 9.10. The van der Waals surface area contributed by atoms with Gasteiger partial charge in [-0.2, -0.15) is 0 Å². The number of nitrogen functional groups attached to an aromatic ring is 1. The van der Waals surface area contributed by atoms with Gasteiger partial charge in [0.15, 0.2) is 0 Å². The Morgan fingerprint density at radius 3 is 2.95 bits per heavy atom. The van der Waals surface area contributed by atoms with Gasteiger partial charge >= 0.3 is 5.97 Å². The van der Waals surface area contributed by atoms with Gasteiger partial charge in [-0.05, 0) is 30.7 Å². The summed E-state index contributed by atoms with van der Waals surface area (Å²) in [5.41, 5.74) is 8.19. The highest BCUT2D eigenvalue weighted by Gasteiger charge is 2.14. The Balaban J connectivity index is 2.15. The minimum atomic E-state index is -0.441. The first-order valence-electron chi connectivity index (χ1n) is 5.80. The Hall–Kier alpha value is -1.59. The van der Waals surface area contributed by atoms with E-state index in [2.05, 4.69) is 20.9 Å². The maximum Gasteiger partial charge on any atom is 0.338 e. The summed E-state index contributed by atoms with van der Waals surface area (Å²) in [6.45, 7) is 1.86. The third-order valence-corrected chi connectivity index (χ3v) is 3.65. The van der Waals surface area contributed by atoms with Crippen LogP contribution in [0.4, 0.5) is 5.69 Å². The molecule has 2 aromatic rings. The van der Waals surface area contributed by atoms with Crippen LogP contribution in [0, 0.1) is 6.92 Å². The largest absolute Gasteiger partial charge is 0.457 e. The molecule has 4 nitrogen and oxygen atoms in total. The Labute approximate surface area is 130 Å². The minimum absolute atomic E-state index is 0.0893. The van der Waals surface area contributed by atoms with Crippen LogP contribution in [0.25, 0.3) is 0 Å². The van der Waals surface area contributed by atoms with Crippen LogP contribution in [0.3, 0.4) is 0 Å². The quantitative estimate of drug-likeness (QED) is 0.673. The van der Waals surface area contributed by atoms with Crippen molar-refractivity contribution >= 4 is 39.2 Å². The zero-order valence-corrected chi connectivity index (χ0v) is 13.0. The first-order valence-corrected chi connectivity index (χ1v) is 6.97. The molecule has 1 aromatic carbocycles. The number of hydrogen-bond acceptors (Lipinski definition) is 4. The zero-order valence-electron chi connectivity index (χ0n) is 10.7. The lowest BCUT2D eigenvalue weighted by Crippen LogP contribution is -2.09. The van der Waals surface area contributed by atoms with Crippen LogP contribution in [-0.4, -0.2) is 11.0 Å². The number of halogens is 2. The molecule has 0 unspecified atom stereocenters. The number of benzene rings is 1. The lowest BCUT2D eigenvalue weighted by Gasteiger charge is -2.10. The summed E-state index contributed by atoms with van der Waals surface area (Å²) in [7, 11) is 0. The van der Waals surface area contributed by atoms with E-state index >= 15 is 0 Å². The predicted molar refractivity (Wildman–Crippen MR) is 81.7 cm³/mol. The van der Waals surface area contributed by atoms with Gasteiger partial charge in [-0.15, -0.1) is 0 Å². The number of nitrogens with zero attached hydrogens (tertiary/aromatic N) is 1. The van der Waals surface area contributed by atoms with Crippen molar-refractivity contribution in [1.82, 2.24) is 4.98 Å². The second-order valence-electron chi connectivity index (χ2n) is 4.21. The van der Waals surface area contributed by atoms with Gasteiger partial charge in [0.2, 0.25) is 0 Å². The molecule has 2 N–H and O–H groups in total. The topological polar surface area (TPSA) is 65.2 Å². The summed E-state index contributed by atoms with van der Waals surface area (Å²) in [6, 6.07) is 5.13. The maximum atomic E-state index is 12.1. The van der Waals surface area contributed by atoms with E-state index in [1.807, 2.05) is 0 Å². The van der Waals surface area contributed by atoms with E-state index in [0.717, 1.165) is 4.47 Å². The Morgan fingerprint density at radius 1 is 1.50 bits per heavy atom. The fourth-order valence-electron chi connectivity index (χ4n) is 1.65. The van der Waals surface area contributed by atoms with E-state index in [9.17, 15) is 4.79 Å². The molecule has 0 aliphatic rings. The Morgan fingerprint density at radius 2 is 2.25 bits per heavy atom. The van der Waals surface area contributed by atoms with Crippen molar-refractivity contribution in [2.24, 2.45) is 0 Å². The number of nitrogens with two attached hydrogens (primary N) is 1. The van der Waals surface area contributed by atoms with Crippen molar-refractivity contribution in [3.05, 3.63) is 56.8 Å². The van der Waals surface area contributed by atoms with Crippen LogP contribution in [0.2, 0.25) is 5.02 Å². The lowest BCUT2D eigenvalue weighted by molar-refractivity contribution is 0.0472. The SMILES string of the molecule is Cc1c(N)cc(Br)cc1C(=O)OCc1ccncc1Cl. The number of hydrogen-bond donors (Lipinski definition) is 1. The number of anilines is 1. The maximum absolute atomic E-state index is 12.1. The fraction of sp³-hybridized carbons (Fsp3) is 0.143. The van der Waals surface area contributed by atoms with Crippen LogP contribution < -0.4 is 5.73 Å². The predicted octanol–water partition coefficient (Wildman–Crippen LogP) is 3.75. The molecule has 0 saturated heterocycles. The van der Waals surface area contributed by atoms with Crippen molar-refractivity contribution in [1.29, 1.82) is 0 Å². The summed E-state index contributed by atoms with van der Waals surface area (Å²) in [4.78, 5) is 16.0. The van der Waals surface area contributed by atoms with E-state index < -0.39 is 5.97 Å². The number of rotatable bonds is 3. The molecule has 0 radical (unpaired) electrons. The van der Waals surface area contributed by atoms with Gasteiger partial charge in [-0.1, -0.05) is 27.5 Å². The van der Waals surface area contributed by atoms with Gasteiger partial charge in [-0.25, -0.2) is 4.79 Å². The molecule has 1 heterocycles. The molecule has 1 aromatic heterocycles. The van der Waals surface area contributed by atoms with Gasteiger partial charge in [-0.3, -0.25) is 4.98 Å². The third kappa shape index (κ3) is 3.29. The highest BCUT2D eigenvalue weighted by atomic mass is 79.9. The first kappa shape index (κ1) is 14.8. The van der Waals surface area contributed by atoms with E-state index in [-0.39, 0.29) is 6.61 Å². The van der Waals surface area contributed by atoms with Crippen molar-refractivity contribution in [2.75, 3.05) is 5.73 Å². The lowest BCUT2D eigenvalue weighted by atomic mass is 10.1. The van der Waals surface area contributed by atoms with Crippen molar-refractivity contribution < 1.29 is 9.53 Å².